The van der Waals surface area contributed by atoms with E-state index in [1.807, 2.05) is 47.6 Å². The molecule has 2 aromatic heterocycles. The van der Waals surface area contributed by atoms with Gasteiger partial charge in [-0.05, 0) is 25.1 Å². The van der Waals surface area contributed by atoms with E-state index in [9.17, 15) is 13.2 Å². The van der Waals surface area contributed by atoms with Gasteiger partial charge in [0.15, 0.2) is 5.82 Å². The van der Waals surface area contributed by atoms with Crippen molar-refractivity contribution in [2.45, 2.75) is 65.5 Å². The van der Waals surface area contributed by atoms with Crippen LogP contribution in [0.5, 0.6) is 0 Å². The van der Waals surface area contributed by atoms with Gasteiger partial charge in [-0.2, -0.15) is 18.3 Å². The minimum absolute atomic E-state index is 0.197. The van der Waals surface area contributed by atoms with Crippen LogP contribution in [0, 0.1) is 6.92 Å². The van der Waals surface area contributed by atoms with Crippen molar-refractivity contribution in [3.63, 3.8) is 0 Å². The van der Waals surface area contributed by atoms with Crippen molar-refractivity contribution in [3.8, 4) is 5.82 Å². The summed E-state index contributed by atoms with van der Waals surface area (Å²) >= 11 is 0. The molecule has 0 saturated carbocycles. The van der Waals surface area contributed by atoms with Crippen LogP contribution in [0.3, 0.4) is 0 Å². The lowest BCUT2D eigenvalue weighted by Gasteiger charge is -2.20. The second-order valence-electron chi connectivity index (χ2n) is 8.18. The average Bonchev–Trinajstić information content (AvgIpc) is 2.81. The number of halogens is 3. The number of hydrogen-bond donors (Lipinski definition) is 0. The van der Waals surface area contributed by atoms with Crippen molar-refractivity contribution < 1.29 is 13.2 Å². The van der Waals surface area contributed by atoms with E-state index in [0.717, 1.165) is 23.5 Å². The van der Waals surface area contributed by atoms with E-state index in [1.165, 1.54) is 0 Å². The third-order valence-corrected chi connectivity index (χ3v) is 3.73. The Hall–Kier alpha value is -1.85. The minimum atomic E-state index is -4.41. The number of nitrogens with zero attached hydrogens (tertiary/aromatic N) is 3. The van der Waals surface area contributed by atoms with Crippen molar-refractivity contribution >= 4 is 0 Å². The Bertz CT molecular complexity index is 744. The van der Waals surface area contributed by atoms with E-state index in [0.29, 0.717) is 5.69 Å². The van der Waals surface area contributed by atoms with Gasteiger partial charge in [0, 0.05) is 16.5 Å². The Morgan fingerprint density at radius 2 is 1.46 bits per heavy atom. The molecule has 0 atom stereocenters. The van der Waals surface area contributed by atoms with Crippen LogP contribution in [0.25, 0.3) is 5.82 Å². The summed E-state index contributed by atoms with van der Waals surface area (Å²) in [6.07, 6.45) is -4.41. The fourth-order valence-electron chi connectivity index (χ4n) is 2.38. The minimum Gasteiger partial charge on any atom is -0.234 e. The molecule has 3 nitrogen and oxygen atoms in total. The first-order valence-corrected chi connectivity index (χ1v) is 7.87. The lowest BCUT2D eigenvalue weighted by Crippen LogP contribution is -2.19. The Kier molecular flexibility index (Phi) is 4.32. The zero-order valence-corrected chi connectivity index (χ0v) is 15.2. The molecule has 2 rings (SSSR count). The Morgan fingerprint density at radius 1 is 0.875 bits per heavy atom. The monoisotopic (exact) mass is 339 g/mol. The number of hydrogen-bond acceptors (Lipinski definition) is 2. The molecule has 0 aliphatic heterocycles. The molecule has 0 aliphatic carbocycles. The lowest BCUT2D eigenvalue weighted by atomic mass is 9.88. The molecule has 0 amide bonds. The molecule has 2 heterocycles. The lowest BCUT2D eigenvalue weighted by molar-refractivity contribution is -0.137. The van der Waals surface area contributed by atoms with Gasteiger partial charge in [-0.15, -0.1) is 0 Å². The molecule has 24 heavy (non-hydrogen) atoms. The average molecular weight is 339 g/mol. The molecule has 0 spiro atoms. The SMILES string of the molecule is Cc1cc(C(F)(F)F)cc(-n2nc(C(C)(C)C)cc2C(C)(C)C)n1. The highest BCUT2D eigenvalue weighted by molar-refractivity contribution is 5.36. The summed E-state index contributed by atoms with van der Waals surface area (Å²) in [5, 5.41) is 4.57. The maximum Gasteiger partial charge on any atom is 0.416 e. The molecular weight excluding hydrogens is 315 g/mol. The van der Waals surface area contributed by atoms with Crippen LogP contribution in [0.1, 0.15) is 64.2 Å². The number of pyridine rings is 1. The van der Waals surface area contributed by atoms with E-state index in [2.05, 4.69) is 10.1 Å². The fraction of sp³-hybridized carbons (Fsp3) is 0.556. The van der Waals surface area contributed by atoms with Gasteiger partial charge in [-0.1, -0.05) is 41.5 Å². The van der Waals surface area contributed by atoms with Gasteiger partial charge in [-0.3, -0.25) is 0 Å². The van der Waals surface area contributed by atoms with E-state index < -0.39 is 11.7 Å². The third-order valence-electron chi connectivity index (χ3n) is 3.73. The van der Waals surface area contributed by atoms with Crippen LogP contribution in [0.2, 0.25) is 0 Å². The van der Waals surface area contributed by atoms with Gasteiger partial charge < -0.3 is 0 Å². The Labute approximate surface area is 140 Å². The molecular formula is C18H24F3N3. The summed E-state index contributed by atoms with van der Waals surface area (Å²) < 4.78 is 40.9. The summed E-state index contributed by atoms with van der Waals surface area (Å²) in [6, 6.07) is 4.06. The van der Waals surface area contributed by atoms with Crippen molar-refractivity contribution in [1.29, 1.82) is 0 Å². The molecule has 0 unspecified atom stereocenters. The van der Waals surface area contributed by atoms with Gasteiger partial charge in [0.25, 0.3) is 0 Å². The smallest absolute Gasteiger partial charge is 0.234 e. The maximum absolute atomic E-state index is 13.1. The van der Waals surface area contributed by atoms with E-state index in [4.69, 9.17) is 0 Å². The molecule has 132 valence electrons. The molecule has 0 aliphatic rings. The fourth-order valence-corrected chi connectivity index (χ4v) is 2.38. The molecule has 0 aromatic carbocycles. The van der Waals surface area contributed by atoms with E-state index in [1.54, 1.807) is 11.6 Å². The first-order valence-electron chi connectivity index (χ1n) is 7.87. The molecule has 0 N–H and O–H groups in total. The molecule has 0 saturated heterocycles. The van der Waals surface area contributed by atoms with Crippen LogP contribution in [0.15, 0.2) is 18.2 Å². The summed E-state index contributed by atoms with van der Waals surface area (Å²) in [5.41, 5.74) is 0.774. The third kappa shape index (κ3) is 3.79. The van der Waals surface area contributed by atoms with E-state index in [-0.39, 0.29) is 16.6 Å². The van der Waals surface area contributed by atoms with Gasteiger partial charge in [0.1, 0.15) is 0 Å². The predicted molar refractivity (Wildman–Crippen MR) is 88.5 cm³/mol. The number of rotatable bonds is 1. The predicted octanol–water partition coefficient (Wildman–Crippen LogP) is 5.19. The Morgan fingerprint density at radius 3 is 1.92 bits per heavy atom. The van der Waals surface area contributed by atoms with Gasteiger partial charge in [0.2, 0.25) is 0 Å². The van der Waals surface area contributed by atoms with Gasteiger partial charge >= 0.3 is 6.18 Å². The highest BCUT2D eigenvalue weighted by Gasteiger charge is 2.33. The molecule has 0 fully saturated rings. The Balaban J connectivity index is 2.72. The van der Waals surface area contributed by atoms with Crippen LogP contribution in [-0.2, 0) is 17.0 Å². The van der Waals surface area contributed by atoms with Crippen molar-refractivity contribution in [2.24, 2.45) is 0 Å². The first-order chi connectivity index (χ1) is 10.7. The molecule has 0 bridgehead atoms. The van der Waals surface area contributed by atoms with Crippen LogP contribution < -0.4 is 0 Å². The van der Waals surface area contributed by atoms with Crippen LogP contribution >= 0.6 is 0 Å². The number of alkyl halides is 3. The van der Waals surface area contributed by atoms with E-state index >= 15 is 0 Å². The second kappa shape index (κ2) is 5.60. The molecule has 2 aromatic rings. The standard InChI is InChI=1S/C18H24F3N3/c1-11-8-12(18(19,20)21)9-15(22-11)24-14(17(5,6)7)10-13(23-24)16(2,3)4/h8-10H,1-7H3. The van der Waals surface area contributed by atoms with Crippen LogP contribution in [-0.4, -0.2) is 14.8 Å². The van der Waals surface area contributed by atoms with Crippen molar-refractivity contribution in [1.82, 2.24) is 14.8 Å². The topological polar surface area (TPSA) is 30.7 Å². The highest BCUT2D eigenvalue weighted by Crippen LogP contribution is 2.33. The summed E-state index contributed by atoms with van der Waals surface area (Å²) in [5.74, 6) is 0.197. The second-order valence-corrected chi connectivity index (χ2v) is 8.18. The zero-order valence-electron chi connectivity index (χ0n) is 15.2. The summed E-state index contributed by atoms with van der Waals surface area (Å²) in [6.45, 7) is 13.7. The summed E-state index contributed by atoms with van der Waals surface area (Å²) in [7, 11) is 0. The quantitative estimate of drug-likeness (QED) is 0.716. The van der Waals surface area contributed by atoms with Gasteiger partial charge in [-0.25, -0.2) is 9.67 Å². The largest absolute Gasteiger partial charge is 0.416 e. The number of aryl methyl sites for hydroxylation is 1. The first kappa shape index (κ1) is 18.5. The highest BCUT2D eigenvalue weighted by atomic mass is 19.4. The molecule has 0 radical (unpaired) electrons. The normalized spacial score (nSPS) is 13.4. The zero-order chi connectivity index (χ0) is 18.5. The van der Waals surface area contributed by atoms with Gasteiger partial charge in [0.05, 0.1) is 17.0 Å². The van der Waals surface area contributed by atoms with Crippen molar-refractivity contribution in [2.75, 3.05) is 0 Å². The maximum atomic E-state index is 13.1. The molecule has 6 heteroatoms. The summed E-state index contributed by atoms with van der Waals surface area (Å²) in [4.78, 5) is 4.29. The van der Waals surface area contributed by atoms with Crippen LogP contribution in [0.4, 0.5) is 13.2 Å². The van der Waals surface area contributed by atoms with Crippen molar-refractivity contribution in [3.05, 3.63) is 40.8 Å². The number of aromatic nitrogens is 3.